The van der Waals surface area contributed by atoms with Gasteiger partial charge in [0.05, 0.1) is 5.39 Å². The third kappa shape index (κ3) is 4.87. The van der Waals surface area contributed by atoms with Crippen molar-refractivity contribution in [1.29, 1.82) is 0 Å². The Kier molecular flexibility index (Phi) is 6.52. The van der Waals surface area contributed by atoms with Crippen molar-refractivity contribution in [3.8, 4) is 0 Å². The predicted molar refractivity (Wildman–Crippen MR) is 116 cm³/mol. The van der Waals surface area contributed by atoms with Crippen LogP contribution in [0.5, 0.6) is 0 Å². The number of hydrogen-bond acceptors (Lipinski definition) is 6. The first-order chi connectivity index (χ1) is 13.8. The van der Waals surface area contributed by atoms with E-state index < -0.39 is 0 Å². The van der Waals surface area contributed by atoms with E-state index in [0.717, 1.165) is 67.8 Å². The summed E-state index contributed by atoms with van der Waals surface area (Å²) in [6.45, 7) is 3.52. The van der Waals surface area contributed by atoms with E-state index in [4.69, 9.17) is 5.11 Å². The Hall–Kier alpha value is -2.02. The summed E-state index contributed by atoms with van der Waals surface area (Å²) in [6.07, 6.45) is 6.80. The van der Waals surface area contributed by atoms with Crippen LogP contribution in [0.15, 0.2) is 42.7 Å². The van der Waals surface area contributed by atoms with E-state index in [1.54, 1.807) is 17.7 Å². The van der Waals surface area contributed by atoms with E-state index in [1.807, 2.05) is 0 Å². The summed E-state index contributed by atoms with van der Waals surface area (Å²) in [5.41, 5.74) is 1.39. The largest absolute Gasteiger partial charge is 0.396 e. The zero-order valence-electron chi connectivity index (χ0n) is 16.2. The Morgan fingerprint density at radius 1 is 1.11 bits per heavy atom. The Balaban J connectivity index is 1.35. The van der Waals surface area contributed by atoms with Gasteiger partial charge in [-0.1, -0.05) is 30.3 Å². The van der Waals surface area contributed by atoms with Gasteiger partial charge in [-0.25, -0.2) is 9.97 Å². The van der Waals surface area contributed by atoms with Crippen molar-refractivity contribution < 1.29 is 5.11 Å². The molecule has 1 aromatic carbocycles. The molecule has 0 atom stereocenters. The molecule has 0 unspecified atom stereocenters. The third-order valence-corrected chi connectivity index (χ3v) is 6.49. The molecule has 1 aliphatic rings. The Morgan fingerprint density at radius 3 is 2.71 bits per heavy atom. The number of nitrogens with one attached hydrogen (secondary N) is 1. The Bertz CT molecular complexity index is 875. The lowest BCUT2D eigenvalue weighted by Crippen LogP contribution is -2.38. The molecule has 0 bridgehead atoms. The number of anilines is 1. The summed E-state index contributed by atoms with van der Waals surface area (Å²) in [6, 6.07) is 13.4. The standard InChI is InChI=1S/C22H28N4OS/c27-13-5-4-8-19-14-20-21(23-16-24-22(20)28-19)25-18-9-11-26(12-10-18)15-17-6-2-1-3-7-17/h1-3,6-7,14,16,18,27H,4-5,8-13,15H2,(H,23,24,25). The molecule has 1 aliphatic heterocycles. The van der Waals surface area contributed by atoms with Gasteiger partial charge in [0.1, 0.15) is 17.0 Å². The van der Waals surface area contributed by atoms with Crippen molar-refractivity contribution >= 4 is 27.4 Å². The summed E-state index contributed by atoms with van der Waals surface area (Å²) >= 11 is 1.74. The predicted octanol–water partition coefficient (Wildman–Crippen LogP) is 4.08. The maximum atomic E-state index is 8.98. The van der Waals surface area contributed by atoms with Crippen LogP contribution >= 0.6 is 11.3 Å². The molecule has 0 radical (unpaired) electrons. The van der Waals surface area contributed by atoms with Gasteiger partial charge < -0.3 is 10.4 Å². The summed E-state index contributed by atoms with van der Waals surface area (Å²) in [5.74, 6) is 0.969. The summed E-state index contributed by atoms with van der Waals surface area (Å²) in [5, 5.41) is 13.8. The summed E-state index contributed by atoms with van der Waals surface area (Å²) in [7, 11) is 0. The number of thiophene rings is 1. The van der Waals surface area contributed by atoms with Crippen molar-refractivity contribution in [2.24, 2.45) is 0 Å². The minimum atomic E-state index is 0.264. The number of unbranched alkanes of at least 4 members (excludes halogenated alkanes) is 1. The van der Waals surface area contributed by atoms with Gasteiger partial charge in [0.15, 0.2) is 0 Å². The number of aliphatic hydroxyl groups excluding tert-OH is 1. The number of aromatic nitrogens is 2. The fourth-order valence-corrected chi connectivity index (χ4v) is 4.86. The van der Waals surface area contributed by atoms with Crippen LogP contribution in [0.3, 0.4) is 0 Å². The second kappa shape index (κ2) is 9.45. The monoisotopic (exact) mass is 396 g/mol. The van der Waals surface area contributed by atoms with E-state index in [-0.39, 0.29) is 6.61 Å². The number of aryl methyl sites for hydroxylation is 1. The molecule has 4 rings (SSSR count). The van der Waals surface area contributed by atoms with Crippen molar-refractivity contribution in [1.82, 2.24) is 14.9 Å². The number of aliphatic hydroxyl groups is 1. The molecule has 5 nitrogen and oxygen atoms in total. The molecule has 3 heterocycles. The second-order valence-electron chi connectivity index (χ2n) is 7.51. The van der Waals surface area contributed by atoms with Gasteiger partial charge in [0, 0.05) is 37.2 Å². The summed E-state index contributed by atoms with van der Waals surface area (Å²) < 4.78 is 0. The van der Waals surface area contributed by atoms with Crippen molar-refractivity contribution in [3.63, 3.8) is 0 Å². The van der Waals surface area contributed by atoms with Crippen LogP contribution in [-0.2, 0) is 13.0 Å². The molecule has 1 saturated heterocycles. The zero-order chi connectivity index (χ0) is 19.2. The molecule has 6 heteroatoms. The highest BCUT2D eigenvalue weighted by molar-refractivity contribution is 7.18. The van der Waals surface area contributed by atoms with Crippen LogP contribution in [0, 0.1) is 0 Å². The smallest absolute Gasteiger partial charge is 0.138 e. The lowest BCUT2D eigenvalue weighted by Gasteiger charge is -2.32. The fraction of sp³-hybridized carbons (Fsp3) is 0.455. The molecule has 148 valence electrons. The molecule has 3 aromatic rings. The Labute approximate surface area is 170 Å². The molecule has 0 amide bonds. The lowest BCUT2D eigenvalue weighted by atomic mass is 10.0. The van der Waals surface area contributed by atoms with Crippen LogP contribution in [0.2, 0.25) is 0 Å². The molecular formula is C22H28N4OS. The Morgan fingerprint density at radius 2 is 1.93 bits per heavy atom. The lowest BCUT2D eigenvalue weighted by molar-refractivity contribution is 0.211. The van der Waals surface area contributed by atoms with Gasteiger partial charge >= 0.3 is 0 Å². The van der Waals surface area contributed by atoms with Gasteiger partial charge in [-0.3, -0.25) is 4.90 Å². The highest BCUT2D eigenvalue weighted by Gasteiger charge is 2.20. The highest BCUT2D eigenvalue weighted by atomic mass is 32.1. The van der Waals surface area contributed by atoms with Gasteiger partial charge in [0.25, 0.3) is 0 Å². The van der Waals surface area contributed by atoms with E-state index >= 15 is 0 Å². The normalized spacial score (nSPS) is 15.9. The van der Waals surface area contributed by atoms with E-state index in [1.165, 1.54) is 10.4 Å². The molecule has 28 heavy (non-hydrogen) atoms. The van der Waals surface area contributed by atoms with Crippen molar-refractivity contribution in [3.05, 3.63) is 53.2 Å². The number of rotatable bonds is 8. The van der Waals surface area contributed by atoms with Gasteiger partial charge in [-0.05, 0) is 43.7 Å². The first kappa shape index (κ1) is 19.3. The van der Waals surface area contributed by atoms with Crippen molar-refractivity contribution in [2.45, 2.75) is 44.7 Å². The second-order valence-corrected chi connectivity index (χ2v) is 8.63. The number of likely N-dealkylation sites (tertiary alicyclic amines) is 1. The molecule has 2 N–H and O–H groups in total. The molecule has 0 spiro atoms. The van der Waals surface area contributed by atoms with Crippen LogP contribution in [0.1, 0.15) is 36.1 Å². The topological polar surface area (TPSA) is 61.3 Å². The fourth-order valence-electron chi connectivity index (χ4n) is 3.83. The van der Waals surface area contributed by atoms with E-state index in [0.29, 0.717) is 6.04 Å². The molecule has 2 aromatic heterocycles. The van der Waals surface area contributed by atoms with Crippen LogP contribution in [0.25, 0.3) is 10.2 Å². The van der Waals surface area contributed by atoms with E-state index in [2.05, 4.69) is 56.6 Å². The number of fused-ring (bicyclic) bond motifs is 1. The first-order valence-corrected chi connectivity index (χ1v) is 11.0. The number of benzene rings is 1. The van der Waals surface area contributed by atoms with Crippen LogP contribution in [0.4, 0.5) is 5.82 Å². The number of nitrogens with zero attached hydrogens (tertiary/aromatic N) is 3. The SMILES string of the molecule is OCCCCc1cc2c(NC3CCN(Cc4ccccc4)CC3)ncnc2s1. The quantitative estimate of drug-likeness (QED) is 0.562. The van der Waals surface area contributed by atoms with Gasteiger partial charge in [0.2, 0.25) is 0 Å². The van der Waals surface area contributed by atoms with Crippen molar-refractivity contribution in [2.75, 3.05) is 25.0 Å². The minimum Gasteiger partial charge on any atom is -0.396 e. The maximum Gasteiger partial charge on any atom is 0.138 e. The van der Waals surface area contributed by atoms with E-state index in [9.17, 15) is 0 Å². The van der Waals surface area contributed by atoms with Gasteiger partial charge in [-0.2, -0.15) is 0 Å². The first-order valence-electron chi connectivity index (χ1n) is 10.2. The van der Waals surface area contributed by atoms with Crippen LogP contribution in [-0.4, -0.2) is 45.7 Å². The average molecular weight is 397 g/mol. The average Bonchev–Trinajstić information content (AvgIpc) is 3.14. The molecular weight excluding hydrogens is 368 g/mol. The zero-order valence-corrected chi connectivity index (χ0v) is 17.0. The number of hydrogen-bond donors (Lipinski definition) is 2. The summed E-state index contributed by atoms with van der Waals surface area (Å²) in [4.78, 5) is 13.9. The number of piperidine rings is 1. The highest BCUT2D eigenvalue weighted by Crippen LogP contribution is 2.30. The molecule has 0 aliphatic carbocycles. The third-order valence-electron chi connectivity index (χ3n) is 5.39. The van der Waals surface area contributed by atoms with Gasteiger partial charge in [-0.15, -0.1) is 11.3 Å². The molecule has 0 saturated carbocycles. The minimum absolute atomic E-state index is 0.264. The maximum absolute atomic E-state index is 8.98. The molecule has 1 fully saturated rings. The van der Waals surface area contributed by atoms with Crippen LogP contribution < -0.4 is 5.32 Å².